The molecule has 1 N–H and O–H groups in total. The van der Waals surface area contributed by atoms with Gasteiger partial charge in [-0.2, -0.15) is 0 Å². The monoisotopic (exact) mass is 594 g/mol. The molecule has 3 rings (SSSR count). The third-order valence-corrected chi connectivity index (χ3v) is 7.35. The second-order valence-corrected chi connectivity index (χ2v) is 10.9. The van der Waals surface area contributed by atoms with E-state index in [0.29, 0.717) is 23.8 Å². The van der Waals surface area contributed by atoms with Crippen LogP contribution in [-0.2, 0) is 22.6 Å². The second kappa shape index (κ2) is 14.7. The van der Waals surface area contributed by atoms with Crippen LogP contribution < -0.4 is 14.8 Å². The Morgan fingerprint density at radius 1 is 0.949 bits per heavy atom. The largest absolute Gasteiger partial charge is 0.497 e. The maximum absolute atomic E-state index is 13.8. The number of nitrogens with one attached hydrogen (secondary N) is 1. The van der Waals surface area contributed by atoms with Crippen molar-refractivity contribution >= 4 is 27.7 Å². The highest BCUT2D eigenvalue weighted by atomic mass is 79.9. The van der Waals surface area contributed by atoms with Gasteiger partial charge in [0.05, 0.1) is 11.6 Å². The van der Waals surface area contributed by atoms with Crippen LogP contribution in [0.3, 0.4) is 0 Å². The molecule has 6 nitrogen and oxygen atoms in total. The van der Waals surface area contributed by atoms with Crippen molar-refractivity contribution in [1.82, 2.24) is 10.2 Å². The fraction of sp³-hybridized carbons (Fsp3) is 0.375. The zero-order chi connectivity index (χ0) is 28.4. The lowest BCUT2D eigenvalue weighted by Crippen LogP contribution is -2.53. The topological polar surface area (TPSA) is 67.9 Å². The van der Waals surface area contributed by atoms with Crippen LogP contribution >= 0.6 is 15.9 Å². The molecule has 3 aromatic rings. The predicted octanol–water partition coefficient (Wildman–Crippen LogP) is 6.51. The van der Waals surface area contributed by atoms with E-state index in [9.17, 15) is 9.59 Å². The van der Waals surface area contributed by atoms with Gasteiger partial charge in [0.2, 0.25) is 5.91 Å². The summed E-state index contributed by atoms with van der Waals surface area (Å²) in [5.41, 5.74) is 3.00. The summed E-state index contributed by atoms with van der Waals surface area (Å²) in [6.07, 6.45) is 1.17. The quantitative estimate of drug-likeness (QED) is 0.245. The molecule has 0 unspecified atom stereocenters. The van der Waals surface area contributed by atoms with Crippen LogP contribution in [0.1, 0.15) is 56.7 Å². The van der Waals surface area contributed by atoms with Crippen molar-refractivity contribution < 1.29 is 19.1 Å². The molecule has 0 aliphatic heterocycles. The zero-order valence-electron chi connectivity index (χ0n) is 23.4. The van der Waals surface area contributed by atoms with E-state index in [1.54, 1.807) is 12.0 Å². The van der Waals surface area contributed by atoms with Crippen LogP contribution in [0.4, 0.5) is 0 Å². The first-order valence-corrected chi connectivity index (χ1v) is 14.2. The van der Waals surface area contributed by atoms with E-state index in [1.807, 2.05) is 86.6 Å². The molecule has 0 radical (unpaired) electrons. The summed E-state index contributed by atoms with van der Waals surface area (Å²) in [5.74, 6) is 1.18. The standard InChI is InChI=1S/C32H39BrN2O4/c1-6-23(4)34-32(37)29(18-24-11-8-7-9-12-24)35(20-25-13-10-14-27(17-25)38-5)31(36)21-39-30-16-15-26(22(2)3)19-28(30)33/h7-17,19,22-23,29H,6,18,20-21H2,1-5H3,(H,34,37)/t23-,29-/m1/s1. The molecule has 0 saturated heterocycles. The predicted molar refractivity (Wildman–Crippen MR) is 159 cm³/mol. The first-order valence-electron chi connectivity index (χ1n) is 13.4. The van der Waals surface area contributed by atoms with Crippen LogP contribution in [0, 0.1) is 0 Å². The summed E-state index contributed by atoms with van der Waals surface area (Å²) >= 11 is 3.58. The summed E-state index contributed by atoms with van der Waals surface area (Å²) in [4.78, 5) is 29.1. The van der Waals surface area contributed by atoms with Gasteiger partial charge >= 0.3 is 0 Å². The van der Waals surface area contributed by atoms with Crippen LogP contribution in [0.25, 0.3) is 0 Å². The maximum Gasteiger partial charge on any atom is 0.261 e. The number of methoxy groups -OCH3 is 1. The number of amides is 2. The van der Waals surface area contributed by atoms with Crippen molar-refractivity contribution in [1.29, 1.82) is 0 Å². The zero-order valence-corrected chi connectivity index (χ0v) is 25.0. The third kappa shape index (κ3) is 8.85. The fourth-order valence-corrected chi connectivity index (χ4v) is 4.69. The number of halogens is 1. The molecule has 0 aliphatic rings. The highest BCUT2D eigenvalue weighted by molar-refractivity contribution is 9.10. The average molecular weight is 596 g/mol. The lowest BCUT2D eigenvalue weighted by atomic mass is 10.0. The van der Waals surface area contributed by atoms with Gasteiger partial charge in [-0.05, 0) is 76.1 Å². The number of carbonyl (C=O) groups excluding carboxylic acids is 2. The number of hydrogen-bond acceptors (Lipinski definition) is 4. The fourth-order valence-electron chi connectivity index (χ4n) is 4.18. The molecule has 0 saturated carbocycles. The minimum Gasteiger partial charge on any atom is -0.497 e. The van der Waals surface area contributed by atoms with E-state index in [-0.39, 0.29) is 31.0 Å². The van der Waals surface area contributed by atoms with E-state index in [2.05, 4.69) is 35.1 Å². The van der Waals surface area contributed by atoms with Crippen LogP contribution in [0.5, 0.6) is 11.5 Å². The number of benzene rings is 3. The molecule has 39 heavy (non-hydrogen) atoms. The normalized spacial score (nSPS) is 12.5. The van der Waals surface area contributed by atoms with Crippen molar-refractivity contribution in [2.24, 2.45) is 0 Å². The number of ether oxygens (including phenoxy) is 2. The summed E-state index contributed by atoms with van der Waals surface area (Å²) in [6.45, 7) is 8.27. The molecule has 0 heterocycles. The molecule has 7 heteroatoms. The summed E-state index contributed by atoms with van der Waals surface area (Å²) < 4.78 is 12.2. The van der Waals surface area contributed by atoms with E-state index >= 15 is 0 Å². The van der Waals surface area contributed by atoms with Gasteiger partial charge in [-0.15, -0.1) is 0 Å². The van der Waals surface area contributed by atoms with Gasteiger partial charge in [-0.3, -0.25) is 9.59 Å². The van der Waals surface area contributed by atoms with Gasteiger partial charge in [0.25, 0.3) is 5.91 Å². The van der Waals surface area contributed by atoms with E-state index in [4.69, 9.17) is 9.47 Å². The Labute approximate surface area is 240 Å². The lowest BCUT2D eigenvalue weighted by molar-refractivity contribution is -0.143. The number of carbonyl (C=O) groups is 2. The highest BCUT2D eigenvalue weighted by Crippen LogP contribution is 2.29. The highest BCUT2D eigenvalue weighted by Gasteiger charge is 2.31. The van der Waals surface area contributed by atoms with Gasteiger partial charge in [0.15, 0.2) is 6.61 Å². The van der Waals surface area contributed by atoms with Crippen molar-refractivity contribution in [3.8, 4) is 11.5 Å². The Morgan fingerprint density at radius 2 is 1.67 bits per heavy atom. The Bertz CT molecular complexity index is 1230. The van der Waals surface area contributed by atoms with Gasteiger partial charge < -0.3 is 19.7 Å². The molecular weight excluding hydrogens is 556 g/mol. The summed E-state index contributed by atoms with van der Waals surface area (Å²) in [5, 5.41) is 3.09. The first-order chi connectivity index (χ1) is 18.7. The molecule has 3 aromatic carbocycles. The smallest absolute Gasteiger partial charge is 0.261 e. The lowest BCUT2D eigenvalue weighted by Gasteiger charge is -2.32. The van der Waals surface area contributed by atoms with E-state index < -0.39 is 6.04 Å². The Kier molecular flexibility index (Phi) is 11.4. The van der Waals surface area contributed by atoms with E-state index in [0.717, 1.165) is 22.0 Å². The molecule has 208 valence electrons. The molecule has 0 fully saturated rings. The second-order valence-electron chi connectivity index (χ2n) is 10.0. The van der Waals surface area contributed by atoms with Gasteiger partial charge in [0.1, 0.15) is 17.5 Å². The van der Waals surface area contributed by atoms with E-state index in [1.165, 1.54) is 5.56 Å². The molecule has 0 spiro atoms. The summed E-state index contributed by atoms with van der Waals surface area (Å²) in [7, 11) is 1.61. The Hall–Kier alpha value is -3.32. The molecule has 0 aromatic heterocycles. The van der Waals surface area contributed by atoms with Crippen LogP contribution in [0.2, 0.25) is 0 Å². The molecule has 2 amide bonds. The molecular formula is C32H39BrN2O4. The number of nitrogens with zero attached hydrogens (tertiary/aromatic N) is 1. The first kappa shape index (κ1) is 30.2. The van der Waals surface area contributed by atoms with Crippen molar-refractivity contribution in [2.75, 3.05) is 13.7 Å². The number of rotatable bonds is 13. The van der Waals surface area contributed by atoms with Gasteiger partial charge in [-0.25, -0.2) is 0 Å². The van der Waals surface area contributed by atoms with Crippen molar-refractivity contribution in [2.45, 2.75) is 65.1 Å². The minimum atomic E-state index is -0.726. The molecule has 0 bridgehead atoms. The van der Waals surface area contributed by atoms with Gasteiger partial charge in [-0.1, -0.05) is 69.3 Å². The average Bonchev–Trinajstić information content (AvgIpc) is 2.94. The SMILES string of the molecule is CC[C@@H](C)NC(=O)[C@@H](Cc1ccccc1)N(Cc1cccc(OC)c1)C(=O)COc1ccc(C(C)C)cc1Br. The Balaban J connectivity index is 1.93. The van der Waals surface area contributed by atoms with Gasteiger partial charge in [0, 0.05) is 19.0 Å². The molecule has 2 atom stereocenters. The third-order valence-electron chi connectivity index (χ3n) is 6.73. The Morgan fingerprint density at radius 3 is 2.31 bits per heavy atom. The van der Waals surface area contributed by atoms with Crippen LogP contribution in [0.15, 0.2) is 77.3 Å². The summed E-state index contributed by atoms with van der Waals surface area (Å²) in [6, 6.07) is 22.4. The number of hydrogen-bond donors (Lipinski definition) is 1. The molecule has 0 aliphatic carbocycles. The maximum atomic E-state index is 13.8. The van der Waals surface area contributed by atoms with Crippen molar-refractivity contribution in [3.05, 3.63) is 94.0 Å². The minimum absolute atomic E-state index is 0.0174. The van der Waals surface area contributed by atoms with Crippen molar-refractivity contribution in [3.63, 3.8) is 0 Å². The van der Waals surface area contributed by atoms with Crippen LogP contribution in [-0.4, -0.2) is 42.5 Å².